The van der Waals surface area contributed by atoms with Gasteiger partial charge in [0.05, 0.1) is 0 Å². The van der Waals surface area contributed by atoms with Gasteiger partial charge in [0.2, 0.25) is 5.91 Å². The Labute approximate surface area is 120 Å². The van der Waals surface area contributed by atoms with Gasteiger partial charge in [0, 0.05) is 18.7 Å². The summed E-state index contributed by atoms with van der Waals surface area (Å²) in [6.07, 6.45) is 11.2. The van der Waals surface area contributed by atoms with Crippen molar-refractivity contribution < 1.29 is 4.79 Å². The molecular formula is C17H33NO. The van der Waals surface area contributed by atoms with E-state index in [9.17, 15) is 4.79 Å². The van der Waals surface area contributed by atoms with Crippen molar-refractivity contribution in [3.63, 3.8) is 0 Å². The summed E-state index contributed by atoms with van der Waals surface area (Å²) < 4.78 is 0. The van der Waals surface area contributed by atoms with Crippen molar-refractivity contribution in [2.75, 3.05) is 13.1 Å². The van der Waals surface area contributed by atoms with Crippen LogP contribution in [0.1, 0.15) is 78.6 Å². The Morgan fingerprint density at radius 1 is 0.842 bits per heavy atom. The number of carbonyl (C=O) groups is 1. The molecule has 0 bridgehead atoms. The first-order chi connectivity index (χ1) is 9.13. The fourth-order valence-corrected chi connectivity index (χ4v) is 2.22. The summed E-state index contributed by atoms with van der Waals surface area (Å²) in [5.41, 5.74) is 0.669. The zero-order valence-corrected chi connectivity index (χ0v) is 13.3. The largest absolute Gasteiger partial charge is 0.339 e. The number of rotatable bonds is 12. The molecule has 0 heterocycles. The Morgan fingerprint density at radius 2 is 1.26 bits per heavy atom. The number of hydrogen-bond acceptors (Lipinski definition) is 1. The summed E-state index contributed by atoms with van der Waals surface area (Å²) in [6.45, 7) is 11.8. The highest BCUT2D eigenvalue weighted by atomic mass is 16.2. The van der Waals surface area contributed by atoms with Gasteiger partial charge in [-0.1, -0.05) is 65.4 Å². The smallest absolute Gasteiger partial charge is 0.248 e. The van der Waals surface area contributed by atoms with Gasteiger partial charge in [-0.2, -0.15) is 0 Å². The molecule has 19 heavy (non-hydrogen) atoms. The Balaban J connectivity index is 3.91. The van der Waals surface area contributed by atoms with Gasteiger partial charge in [0.25, 0.3) is 0 Å². The number of amides is 1. The average molecular weight is 267 g/mol. The normalized spacial score (nSPS) is 10.5. The van der Waals surface area contributed by atoms with E-state index in [1.54, 1.807) is 0 Å². The van der Waals surface area contributed by atoms with Crippen LogP contribution in [0.15, 0.2) is 12.2 Å². The fraction of sp³-hybridized carbons (Fsp3) is 0.824. The SMILES string of the molecule is C=C(C)C(=O)N(CCCCC)CCCCCCCC. The van der Waals surface area contributed by atoms with Gasteiger partial charge in [-0.05, 0) is 19.8 Å². The highest BCUT2D eigenvalue weighted by molar-refractivity contribution is 5.92. The van der Waals surface area contributed by atoms with Crippen molar-refractivity contribution in [1.29, 1.82) is 0 Å². The molecule has 0 spiro atoms. The summed E-state index contributed by atoms with van der Waals surface area (Å²) in [5.74, 6) is 0.143. The van der Waals surface area contributed by atoms with Crippen LogP contribution in [0.25, 0.3) is 0 Å². The molecule has 0 aromatic heterocycles. The Kier molecular flexibility index (Phi) is 11.7. The molecule has 0 N–H and O–H groups in total. The third kappa shape index (κ3) is 9.75. The van der Waals surface area contributed by atoms with Crippen molar-refractivity contribution in [3.05, 3.63) is 12.2 Å². The first-order valence-corrected chi connectivity index (χ1v) is 8.08. The number of nitrogens with zero attached hydrogens (tertiary/aromatic N) is 1. The van der Waals surface area contributed by atoms with Crippen molar-refractivity contribution in [1.82, 2.24) is 4.90 Å². The van der Waals surface area contributed by atoms with Crippen molar-refractivity contribution >= 4 is 5.91 Å². The molecule has 0 aliphatic carbocycles. The van der Waals surface area contributed by atoms with E-state index in [0.717, 1.165) is 25.9 Å². The number of hydrogen-bond donors (Lipinski definition) is 0. The maximum atomic E-state index is 12.0. The summed E-state index contributed by atoms with van der Waals surface area (Å²) in [4.78, 5) is 14.0. The summed E-state index contributed by atoms with van der Waals surface area (Å²) in [6, 6.07) is 0. The van der Waals surface area contributed by atoms with Crippen LogP contribution < -0.4 is 0 Å². The second-order valence-electron chi connectivity index (χ2n) is 5.55. The van der Waals surface area contributed by atoms with Crippen LogP contribution in [0.2, 0.25) is 0 Å². The molecule has 0 saturated carbocycles. The fourth-order valence-electron chi connectivity index (χ4n) is 2.22. The molecular weight excluding hydrogens is 234 g/mol. The molecule has 0 aliphatic rings. The quantitative estimate of drug-likeness (QED) is 0.362. The predicted octanol–water partition coefficient (Wildman–Crippen LogP) is 4.94. The Hall–Kier alpha value is -0.790. The monoisotopic (exact) mass is 267 g/mol. The van der Waals surface area contributed by atoms with Crippen LogP contribution in [0.3, 0.4) is 0 Å². The molecule has 0 atom stereocenters. The van der Waals surface area contributed by atoms with E-state index in [-0.39, 0.29) is 5.91 Å². The summed E-state index contributed by atoms with van der Waals surface area (Å²) in [5, 5.41) is 0. The van der Waals surface area contributed by atoms with E-state index in [2.05, 4.69) is 20.4 Å². The lowest BCUT2D eigenvalue weighted by Crippen LogP contribution is -2.33. The van der Waals surface area contributed by atoms with Crippen molar-refractivity contribution in [2.45, 2.75) is 78.6 Å². The maximum absolute atomic E-state index is 12.0. The van der Waals surface area contributed by atoms with Gasteiger partial charge in [-0.25, -0.2) is 0 Å². The van der Waals surface area contributed by atoms with Crippen LogP contribution >= 0.6 is 0 Å². The van der Waals surface area contributed by atoms with E-state index in [1.807, 2.05) is 11.8 Å². The molecule has 1 amide bonds. The highest BCUT2D eigenvalue weighted by Gasteiger charge is 2.12. The minimum atomic E-state index is 0.143. The Bertz CT molecular complexity index is 248. The second kappa shape index (κ2) is 12.3. The van der Waals surface area contributed by atoms with Gasteiger partial charge in [0.1, 0.15) is 0 Å². The third-order valence-electron chi connectivity index (χ3n) is 3.47. The second-order valence-corrected chi connectivity index (χ2v) is 5.55. The minimum Gasteiger partial charge on any atom is -0.339 e. The summed E-state index contributed by atoms with van der Waals surface area (Å²) >= 11 is 0. The number of unbranched alkanes of at least 4 members (excludes halogenated alkanes) is 7. The van der Waals surface area contributed by atoms with Crippen molar-refractivity contribution in [2.24, 2.45) is 0 Å². The molecule has 0 aromatic carbocycles. The van der Waals surface area contributed by atoms with Gasteiger partial charge in [0.15, 0.2) is 0 Å². The van der Waals surface area contributed by atoms with Gasteiger partial charge in [-0.15, -0.1) is 0 Å². The molecule has 2 nitrogen and oxygen atoms in total. The lowest BCUT2D eigenvalue weighted by molar-refractivity contribution is -0.127. The standard InChI is InChI=1S/C17H33NO/c1-5-7-9-10-11-13-15-18(14-12-8-6-2)17(19)16(3)4/h3,5-15H2,1-2,4H3. The molecule has 112 valence electrons. The molecule has 0 fully saturated rings. The van der Waals surface area contributed by atoms with Crippen LogP contribution in [0, 0.1) is 0 Å². The topological polar surface area (TPSA) is 20.3 Å². The molecule has 0 saturated heterocycles. The first-order valence-electron chi connectivity index (χ1n) is 8.08. The molecule has 0 radical (unpaired) electrons. The van der Waals surface area contributed by atoms with E-state index < -0.39 is 0 Å². The maximum Gasteiger partial charge on any atom is 0.248 e. The van der Waals surface area contributed by atoms with Crippen LogP contribution in [-0.4, -0.2) is 23.9 Å². The molecule has 2 heteroatoms. The Morgan fingerprint density at radius 3 is 1.79 bits per heavy atom. The van der Waals surface area contributed by atoms with E-state index in [0.29, 0.717) is 5.57 Å². The zero-order valence-electron chi connectivity index (χ0n) is 13.3. The molecule has 0 aliphatic heterocycles. The van der Waals surface area contributed by atoms with Gasteiger partial charge in [-0.3, -0.25) is 4.79 Å². The van der Waals surface area contributed by atoms with E-state index in [1.165, 1.54) is 44.9 Å². The zero-order chi connectivity index (χ0) is 14.5. The number of carbonyl (C=O) groups excluding carboxylic acids is 1. The summed E-state index contributed by atoms with van der Waals surface area (Å²) in [7, 11) is 0. The lowest BCUT2D eigenvalue weighted by atomic mass is 10.1. The van der Waals surface area contributed by atoms with Crippen LogP contribution in [-0.2, 0) is 4.79 Å². The van der Waals surface area contributed by atoms with Crippen LogP contribution in [0.5, 0.6) is 0 Å². The lowest BCUT2D eigenvalue weighted by Gasteiger charge is -2.22. The first kappa shape index (κ1) is 18.2. The molecule has 0 rings (SSSR count). The van der Waals surface area contributed by atoms with Crippen LogP contribution in [0.4, 0.5) is 0 Å². The highest BCUT2D eigenvalue weighted by Crippen LogP contribution is 2.09. The minimum absolute atomic E-state index is 0.143. The van der Waals surface area contributed by atoms with E-state index >= 15 is 0 Å². The molecule has 0 unspecified atom stereocenters. The van der Waals surface area contributed by atoms with Gasteiger partial charge < -0.3 is 4.90 Å². The third-order valence-corrected chi connectivity index (χ3v) is 3.47. The van der Waals surface area contributed by atoms with Crippen molar-refractivity contribution in [3.8, 4) is 0 Å². The predicted molar refractivity (Wildman–Crippen MR) is 84.3 cm³/mol. The molecule has 0 aromatic rings. The average Bonchev–Trinajstić information content (AvgIpc) is 2.39. The van der Waals surface area contributed by atoms with E-state index in [4.69, 9.17) is 0 Å². The van der Waals surface area contributed by atoms with Gasteiger partial charge >= 0.3 is 0 Å².